The summed E-state index contributed by atoms with van der Waals surface area (Å²) in [5.74, 6) is 0.117. The number of carbonyl (C=O) groups excluding carboxylic acids is 1. The zero-order valence-electron chi connectivity index (χ0n) is 9.65. The number of nitrogens with zero attached hydrogens (tertiary/aromatic N) is 1. The summed E-state index contributed by atoms with van der Waals surface area (Å²) >= 11 is 5.97. The monoisotopic (exact) mass is 274 g/mol. The highest BCUT2D eigenvalue weighted by molar-refractivity contribution is 6.30. The average molecular weight is 275 g/mol. The Morgan fingerprint density at radius 1 is 1.53 bits per heavy atom. The van der Waals surface area contributed by atoms with E-state index in [0.29, 0.717) is 5.02 Å². The molecule has 0 aliphatic carbocycles. The zero-order chi connectivity index (χ0) is 11.5. The third-order valence-electron chi connectivity index (χ3n) is 2.88. The molecular formula is C12H16Cl2N2O. The number of benzene rings is 1. The molecule has 0 bridgehead atoms. The van der Waals surface area contributed by atoms with Gasteiger partial charge in [-0.05, 0) is 17.7 Å². The zero-order valence-corrected chi connectivity index (χ0v) is 11.2. The SMILES string of the molecule is CC(=O)N1CCNCC1c1cccc(Cl)c1.Cl. The van der Waals surface area contributed by atoms with Gasteiger partial charge < -0.3 is 10.2 Å². The molecular weight excluding hydrogens is 259 g/mol. The molecule has 1 saturated heterocycles. The van der Waals surface area contributed by atoms with Crippen molar-refractivity contribution >= 4 is 29.9 Å². The number of hydrogen-bond donors (Lipinski definition) is 1. The Labute approximate surface area is 113 Å². The van der Waals surface area contributed by atoms with Gasteiger partial charge in [-0.1, -0.05) is 23.7 Å². The van der Waals surface area contributed by atoms with E-state index in [-0.39, 0.29) is 24.4 Å². The maximum Gasteiger partial charge on any atom is 0.220 e. The maximum absolute atomic E-state index is 11.5. The minimum absolute atomic E-state index is 0. The molecule has 1 fully saturated rings. The molecule has 1 aromatic carbocycles. The maximum atomic E-state index is 11.5. The van der Waals surface area contributed by atoms with Crippen LogP contribution in [0.15, 0.2) is 24.3 Å². The van der Waals surface area contributed by atoms with Crippen molar-refractivity contribution in [1.82, 2.24) is 10.2 Å². The van der Waals surface area contributed by atoms with Crippen LogP contribution in [0.1, 0.15) is 18.5 Å². The van der Waals surface area contributed by atoms with Crippen molar-refractivity contribution < 1.29 is 4.79 Å². The Morgan fingerprint density at radius 3 is 2.94 bits per heavy atom. The Kier molecular flexibility index (Phi) is 5.25. The van der Waals surface area contributed by atoms with Gasteiger partial charge in [0.1, 0.15) is 0 Å². The summed E-state index contributed by atoms with van der Waals surface area (Å²) in [6.45, 7) is 4.02. The molecule has 3 nitrogen and oxygen atoms in total. The molecule has 1 amide bonds. The number of hydrogen-bond acceptors (Lipinski definition) is 2. The Balaban J connectivity index is 0.00000144. The predicted molar refractivity (Wildman–Crippen MR) is 71.7 cm³/mol. The number of rotatable bonds is 1. The molecule has 0 spiro atoms. The third kappa shape index (κ3) is 3.35. The lowest BCUT2D eigenvalue weighted by atomic mass is 10.0. The van der Waals surface area contributed by atoms with Crippen LogP contribution in [0, 0.1) is 0 Å². The second kappa shape index (κ2) is 6.24. The van der Waals surface area contributed by atoms with E-state index in [1.54, 1.807) is 6.92 Å². The average Bonchev–Trinajstić information content (AvgIpc) is 2.29. The van der Waals surface area contributed by atoms with Gasteiger partial charge in [-0.2, -0.15) is 0 Å². The summed E-state index contributed by atoms with van der Waals surface area (Å²) in [6, 6.07) is 7.81. The number of piperazine rings is 1. The lowest BCUT2D eigenvalue weighted by Gasteiger charge is -2.36. The Bertz CT molecular complexity index is 398. The van der Waals surface area contributed by atoms with E-state index in [9.17, 15) is 4.79 Å². The summed E-state index contributed by atoms with van der Waals surface area (Å²) in [5, 5.41) is 4.02. The van der Waals surface area contributed by atoms with E-state index in [1.807, 2.05) is 29.2 Å². The van der Waals surface area contributed by atoms with Gasteiger partial charge in [0, 0.05) is 31.6 Å². The van der Waals surface area contributed by atoms with Gasteiger partial charge in [-0.3, -0.25) is 4.79 Å². The van der Waals surface area contributed by atoms with Crippen molar-refractivity contribution in [3.63, 3.8) is 0 Å². The molecule has 0 radical (unpaired) electrons. The Hall–Kier alpha value is -0.770. The van der Waals surface area contributed by atoms with E-state index < -0.39 is 0 Å². The van der Waals surface area contributed by atoms with Gasteiger partial charge in [0.15, 0.2) is 0 Å². The standard InChI is InChI=1S/C12H15ClN2O.ClH/c1-9(16)15-6-5-14-8-12(15)10-3-2-4-11(13)7-10;/h2-4,7,12,14H,5-6,8H2,1H3;1H. The summed E-state index contributed by atoms with van der Waals surface area (Å²) < 4.78 is 0. The highest BCUT2D eigenvalue weighted by Gasteiger charge is 2.25. The molecule has 0 saturated carbocycles. The van der Waals surface area contributed by atoms with Crippen LogP contribution in [0.4, 0.5) is 0 Å². The fourth-order valence-electron chi connectivity index (χ4n) is 2.09. The van der Waals surface area contributed by atoms with Gasteiger partial charge in [0.05, 0.1) is 6.04 Å². The fourth-order valence-corrected chi connectivity index (χ4v) is 2.29. The highest BCUT2D eigenvalue weighted by atomic mass is 35.5. The van der Waals surface area contributed by atoms with Crippen LogP contribution in [-0.2, 0) is 4.79 Å². The van der Waals surface area contributed by atoms with Gasteiger partial charge in [-0.25, -0.2) is 0 Å². The minimum Gasteiger partial charge on any atom is -0.333 e. The van der Waals surface area contributed by atoms with Crippen LogP contribution in [0.5, 0.6) is 0 Å². The topological polar surface area (TPSA) is 32.3 Å². The molecule has 1 unspecified atom stereocenters. The van der Waals surface area contributed by atoms with Crippen LogP contribution in [0.25, 0.3) is 0 Å². The number of nitrogens with one attached hydrogen (secondary N) is 1. The summed E-state index contributed by atoms with van der Waals surface area (Å²) in [7, 11) is 0. The van der Waals surface area contributed by atoms with Crippen LogP contribution in [0.3, 0.4) is 0 Å². The number of halogens is 2. The molecule has 1 heterocycles. The van der Waals surface area contributed by atoms with Crippen LogP contribution in [0.2, 0.25) is 5.02 Å². The van der Waals surface area contributed by atoms with Crippen LogP contribution < -0.4 is 5.32 Å². The van der Waals surface area contributed by atoms with Crippen molar-refractivity contribution in [3.05, 3.63) is 34.9 Å². The second-order valence-corrected chi connectivity index (χ2v) is 4.42. The number of amides is 1. The summed E-state index contributed by atoms with van der Waals surface area (Å²) in [4.78, 5) is 13.4. The lowest BCUT2D eigenvalue weighted by Crippen LogP contribution is -2.47. The first-order valence-corrected chi connectivity index (χ1v) is 5.79. The van der Waals surface area contributed by atoms with E-state index in [1.165, 1.54) is 0 Å². The van der Waals surface area contributed by atoms with Crippen molar-refractivity contribution in [2.45, 2.75) is 13.0 Å². The summed E-state index contributed by atoms with van der Waals surface area (Å²) in [6.07, 6.45) is 0. The van der Waals surface area contributed by atoms with E-state index >= 15 is 0 Å². The molecule has 1 N–H and O–H groups in total. The van der Waals surface area contributed by atoms with Crippen molar-refractivity contribution in [3.8, 4) is 0 Å². The molecule has 5 heteroatoms. The van der Waals surface area contributed by atoms with Crippen molar-refractivity contribution in [2.75, 3.05) is 19.6 Å². The summed E-state index contributed by atoms with van der Waals surface area (Å²) in [5.41, 5.74) is 1.09. The van der Waals surface area contributed by atoms with E-state index in [0.717, 1.165) is 25.2 Å². The third-order valence-corrected chi connectivity index (χ3v) is 3.12. The largest absolute Gasteiger partial charge is 0.333 e. The molecule has 1 atom stereocenters. The molecule has 1 aliphatic rings. The lowest BCUT2D eigenvalue weighted by molar-refractivity contribution is -0.132. The van der Waals surface area contributed by atoms with Gasteiger partial charge in [0.25, 0.3) is 0 Å². The molecule has 2 rings (SSSR count). The van der Waals surface area contributed by atoms with Gasteiger partial charge in [-0.15, -0.1) is 12.4 Å². The van der Waals surface area contributed by atoms with Crippen molar-refractivity contribution in [2.24, 2.45) is 0 Å². The van der Waals surface area contributed by atoms with E-state index in [4.69, 9.17) is 11.6 Å². The van der Waals surface area contributed by atoms with Crippen molar-refractivity contribution in [1.29, 1.82) is 0 Å². The molecule has 0 aromatic heterocycles. The van der Waals surface area contributed by atoms with Gasteiger partial charge in [0.2, 0.25) is 5.91 Å². The first-order valence-electron chi connectivity index (χ1n) is 5.42. The molecule has 1 aromatic rings. The first kappa shape index (κ1) is 14.3. The molecule has 1 aliphatic heterocycles. The second-order valence-electron chi connectivity index (χ2n) is 3.99. The fraction of sp³-hybridized carbons (Fsp3) is 0.417. The molecule has 94 valence electrons. The smallest absolute Gasteiger partial charge is 0.220 e. The highest BCUT2D eigenvalue weighted by Crippen LogP contribution is 2.24. The van der Waals surface area contributed by atoms with Crippen LogP contribution >= 0.6 is 24.0 Å². The number of carbonyl (C=O) groups is 1. The van der Waals surface area contributed by atoms with E-state index in [2.05, 4.69) is 5.32 Å². The first-order chi connectivity index (χ1) is 7.68. The van der Waals surface area contributed by atoms with Gasteiger partial charge >= 0.3 is 0 Å². The minimum atomic E-state index is 0. The van der Waals surface area contributed by atoms with Crippen LogP contribution in [-0.4, -0.2) is 30.4 Å². The normalized spacial score (nSPS) is 19.6. The predicted octanol–water partition coefficient (Wildman–Crippen LogP) is 2.25. The quantitative estimate of drug-likeness (QED) is 0.852. The molecule has 17 heavy (non-hydrogen) atoms. The Morgan fingerprint density at radius 2 is 2.29 bits per heavy atom.